The van der Waals surface area contributed by atoms with Gasteiger partial charge in [0.15, 0.2) is 0 Å². The molecule has 0 fully saturated rings. The van der Waals surface area contributed by atoms with Gasteiger partial charge in [-0.2, -0.15) is 4.98 Å². The summed E-state index contributed by atoms with van der Waals surface area (Å²) in [7, 11) is 0. The van der Waals surface area contributed by atoms with Crippen molar-refractivity contribution >= 4 is 22.6 Å². The second kappa shape index (κ2) is 6.27. The highest BCUT2D eigenvalue weighted by Crippen LogP contribution is 2.25. The molecule has 0 aliphatic heterocycles. The zero-order chi connectivity index (χ0) is 13.8. The first kappa shape index (κ1) is 14.2. The van der Waals surface area contributed by atoms with Crippen LogP contribution in [0, 0.1) is 10.5 Å². The molecule has 1 heterocycles. The lowest BCUT2D eigenvalue weighted by Gasteiger charge is -2.08. The quantitative estimate of drug-likeness (QED) is 0.772. The van der Waals surface area contributed by atoms with Crippen molar-refractivity contribution in [3.63, 3.8) is 0 Å². The molecule has 1 aromatic carbocycles. The van der Waals surface area contributed by atoms with E-state index in [1.54, 1.807) is 0 Å². The van der Waals surface area contributed by atoms with Gasteiger partial charge < -0.3 is 4.74 Å². The van der Waals surface area contributed by atoms with Gasteiger partial charge in [0.1, 0.15) is 5.75 Å². The first-order valence-electron chi connectivity index (χ1n) is 6.30. The Morgan fingerprint density at radius 2 is 1.84 bits per heavy atom. The molecule has 0 aliphatic rings. The van der Waals surface area contributed by atoms with Crippen molar-refractivity contribution in [2.45, 2.75) is 33.6 Å². The number of rotatable bonds is 4. The highest BCUT2D eigenvalue weighted by Gasteiger charge is 2.09. The van der Waals surface area contributed by atoms with Gasteiger partial charge in [-0.05, 0) is 60.1 Å². The SMILES string of the molecule is CCc1nnc(Oc2cc(C)ccc2I)nc1CC. The number of hydrogen-bond donors (Lipinski definition) is 0. The van der Waals surface area contributed by atoms with Gasteiger partial charge >= 0.3 is 6.01 Å². The van der Waals surface area contributed by atoms with Crippen LogP contribution in [-0.2, 0) is 12.8 Å². The van der Waals surface area contributed by atoms with Gasteiger partial charge in [-0.15, -0.1) is 5.10 Å². The number of hydrogen-bond acceptors (Lipinski definition) is 4. The first-order chi connectivity index (χ1) is 9.13. The summed E-state index contributed by atoms with van der Waals surface area (Å²) in [6, 6.07) is 6.35. The van der Waals surface area contributed by atoms with Crippen molar-refractivity contribution in [2.75, 3.05) is 0 Å². The predicted molar refractivity (Wildman–Crippen MR) is 82.6 cm³/mol. The van der Waals surface area contributed by atoms with Gasteiger partial charge in [0, 0.05) is 0 Å². The Morgan fingerprint density at radius 1 is 1.11 bits per heavy atom. The molecular weight excluding hydrogens is 353 g/mol. The topological polar surface area (TPSA) is 47.9 Å². The van der Waals surface area contributed by atoms with Crippen molar-refractivity contribution in [2.24, 2.45) is 0 Å². The van der Waals surface area contributed by atoms with E-state index in [0.29, 0.717) is 6.01 Å². The summed E-state index contributed by atoms with van der Waals surface area (Å²) in [5, 5.41) is 8.21. The van der Waals surface area contributed by atoms with Gasteiger partial charge in [-0.3, -0.25) is 0 Å². The van der Waals surface area contributed by atoms with E-state index in [0.717, 1.165) is 39.1 Å². The molecule has 2 rings (SSSR count). The van der Waals surface area contributed by atoms with Gasteiger partial charge in [0.25, 0.3) is 0 Å². The van der Waals surface area contributed by atoms with Gasteiger partial charge in [-0.1, -0.05) is 25.0 Å². The molecule has 0 bridgehead atoms. The fourth-order valence-corrected chi connectivity index (χ4v) is 2.20. The number of halogens is 1. The van der Waals surface area contributed by atoms with Gasteiger partial charge in [0.2, 0.25) is 0 Å². The molecule has 100 valence electrons. The highest BCUT2D eigenvalue weighted by atomic mass is 127. The zero-order valence-corrected chi connectivity index (χ0v) is 13.4. The molecule has 0 radical (unpaired) electrons. The Hall–Kier alpha value is -1.24. The summed E-state index contributed by atoms with van der Waals surface area (Å²) in [6.07, 6.45) is 1.67. The zero-order valence-electron chi connectivity index (χ0n) is 11.3. The van der Waals surface area contributed by atoms with Crippen LogP contribution in [-0.4, -0.2) is 15.2 Å². The van der Waals surface area contributed by atoms with E-state index in [4.69, 9.17) is 4.74 Å². The Kier molecular flexibility index (Phi) is 4.68. The second-order valence-corrected chi connectivity index (χ2v) is 5.39. The Labute approximate surface area is 126 Å². The largest absolute Gasteiger partial charge is 0.422 e. The molecule has 0 saturated carbocycles. The summed E-state index contributed by atoms with van der Waals surface area (Å²) in [5.74, 6) is 0.772. The van der Waals surface area contributed by atoms with Crippen molar-refractivity contribution in [3.05, 3.63) is 38.7 Å². The van der Waals surface area contributed by atoms with Gasteiger partial charge in [0.05, 0.1) is 15.0 Å². The number of nitrogens with zero attached hydrogens (tertiary/aromatic N) is 3. The number of benzene rings is 1. The molecule has 0 amide bonds. The average molecular weight is 369 g/mol. The lowest BCUT2D eigenvalue weighted by Crippen LogP contribution is -2.04. The summed E-state index contributed by atoms with van der Waals surface area (Å²) in [4.78, 5) is 4.43. The van der Waals surface area contributed by atoms with E-state index in [9.17, 15) is 0 Å². The molecule has 19 heavy (non-hydrogen) atoms. The Balaban J connectivity index is 2.30. The van der Waals surface area contributed by atoms with Crippen molar-refractivity contribution in [3.8, 4) is 11.8 Å². The van der Waals surface area contributed by atoms with Crippen LogP contribution in [0.1, 0.15) is 30.8 Å². The molecule has 0 atom stereocenters. The molecule has 4 nitrogen and oxygen atoms in total. The number of aryl methyl sites for hydroxylation is 3. The standard InChI is InChI=1S/C14H16IN3O/c1-4-11-12(5-2)17-18-14(16-11)19-13-8-9(3)6-7-10(13)15/h6-8H,4-5H2,1-3H3. The molecule has 0 spiro atoms. The minimum absolute atomic E-state index is 0.317. The molecule has 0 saturated heterocycles. The van der Waals surface area contributed by atoms with E-state index in [-0.39, 0.29) is 0 Å². The van der Waals surface area contributed by atoms with E-state index in [1.165, 1.54) is 0 Å². The second-order valence-electron chi connectivity index (χ2n) is 4.23. The monoisotopic (exact) mass is 369 g/mol. The number of aromatic nitrogens is 3. The Morgan fingerprint density at radius 3 is 2.53 bits per heavy atom. The molecule has 2 aromatic rings. The minimum Gasteiger partial charge on any atom is -0.422 e. The molecule has 1 aromatic heterocycles. The van der Waals surface area contributed by atoms with Crippen LogP contribution in [0.4, 0.5) is 0 Å². The molecule has 5 heteroatoms. The lowest BCUT2D eigenvalue weighted by atomic mass is 10.2. The van der Waals surface area contributed by atoms with Crippen LogP contribution in [0.2, 0.25) is 0 Å². The van der Waals surface area contributed by atoms with Crippen LogP contribution in [0.3, 0.4) is 0 Å². The van der Waals surface area contributed by atoms with Crippen LogP contribution >= 0.6 is 22.6 Å². The van der Waals surface area contributed by atoms with Crippen molar-refractivity contribution in [1.29, 1.82) is 0 Å². The summed E-state index contributed by atoms with van der Waals surface area (Å²) in [5.41, 5.74) is 3.04. The van der Waals surface area contributed by atoms with Crippen LogP contribution < -0.4 is 4.74 Å². The van der Waals surface area contributed by atoms with E-state index in [1.807, 2.05) is 25.1 Å². The Bertz CT molecular complexity index is 587. The third kappa shape index (κ3) is 3.40. The minimum atomic E-state index is 0.317. The van der Waals surface area contributed by atoms with Crippen LogP contribution in [0.15, 0.2) is 18.2 Å². The van der Waals surface area contributed by atoms with E-state index in [2.05, 4.69) is 51.6 Å². The fraction of sp³-hybridized carbons (Fsp3) is 0.357. The van der Waals surface area contributed by atoms with Crippen LogP contribution in [0.25, 0.3) is 0 Å². The molecule has 0 aliphatic carbocycles. The predicted octanol–water partition coefficient (Wildman–Crippen LogP) is 3.70. The smallest absolute Gasteiger partial charge is 0.341 e. The summed E-state index contributed by atoms with van der Waals surface area (Å²) in [6.45, 7) is 6.14. The fourth-order valence-electron chi connectivity index (χ4n) is 1.75. The maximum Gasteiger partial charge on any atom is 0.341 e. The summed E-state index contributed by atoms with van der Waals surface area (Å²) >= 11 is 2.23. The normalized spacial score (nSPS) is 10.5. The van der Waals surface area contributed by atoms with E-state index >= 15 is 0 Å². The first-order valence-corrected chi connectivity index (χ1v) is 7.38. The third-order valence-corrected chi connectivity index (χ3v) is 3.67. The maximum atomic E-state index is 5.74. The summed E-state index contributed by atoms with van der Waals surface area (Å²) < 4.78 is 6.77. The maximum absolute atomic E-state index is 5.74. The number of ether oxygens (including phenoxy) is 1. The molecule has 0 unspecified atom stereocenters. The highest BCUT2D eigenvalue weighted by molar-refractivity contribution is 14.1. The third-order valence-electron chi connectivity index (χ3n) is 2.78. The van der Waals surface area contributed by atoms with E-state index < -0.39 is 0 Å². The van der Waals surface area contributed by atoms with Crippen molar-refractivity contribution < 1.29 is 4.74 Å². The van der Waals surface area contributed by atoms with Gasteiger partial charge in [-0.25, -0.2) is 0 Å². The lowest BCUT2D eigenvalue weighted by molar-refractivity contribution is 0.425. The van der Waals surface area contributed by atoms with Crippen LogP contribution in [0.5, 0.6) is 11.8 Å². The van der Waals surface area contributed by atoms with Crippen molar-refractivity contribution in [1.82, 2.24) is 15.2 Å². The average Bonchev–Trinajstić information content (AvgIpc) is 2.42. The molecule has 0 N–H and O–H groups in total. The molecular formula is C14H16IN3O.